The van der Waals surface area contributed by atoms with E-state index in [4.69, 9.17) is 5.84 Å². The fraction of sp³-hybridized carbons (Fsp3) is 0.353. The molecule has 0 bridgehead atoms. The first-order valence-electron chi connectivity index (χ1n) is 7.49. The number of hydrogen-bond donors (Lipinski definition) is 2. The fourth-order valence-electron chi connectivity index (χ4n) is 2.50. The lowest BCUT2D eigenvalue weighted by Crippen LogP contribution is -2.32. The van der Waals surface area contributed by atoms with Crippen LogP contribution in [0, 0.1) is 0 Å². The van der Waals surface area contributed by atoms with Gasteiger partial charge in [-0.3, -0.25) is 10.2 Å². The summed E-state index contributed by atoms with van der Waals surface area (Å²) in [6.45, 7) is 3.01. The summed E-state index contributed by atoms with van der Waals surface area (Å²) in [6.07, 6.45) is 4.05. The minimum atomic E-state index is -0.225. The van der Waals surface area contributed by atoms with Crippen LogP contribution in [0.2, 0.25) is 0 Å². The molecule has 4 heteroatoms. The summed E-state index contributed by atoms with van der Waals surface area (Å²) in [4.78, 5) is 11.8. The third-order valence-corrected chi connectivity index (χ3v) is 3.68. The van der Waals surface area contributed by atoms with Crippen molar-refractivity contribution in [2.24, 2.45) is 5.84 Å². The highest BCUT2D eigenvalue weighted by atomic mass is 16.2. The van der Waals surface area contributed by atoms with Crippen molar-refractivity contribution in [2.75, 3.05) is 0 Å². The number of carbonyl (C=O) groups excluding carboxylic acids is 1. The van der Waals surface area contributed by atoms with Gasteiger partial charge in [0.25, 0.3) is 5.91 Å². The first-order valence-corrected chi connectivity index (χ1v) is 7.49. The van der Waals surface area contributed by atoms with E-state index in [9.17, 15) is 4.79 Å². The summed E-state index contributed by atoms with van der Waals surface area (Å²) in [5, 5.41) is 0. The fourth-order valence-corrected chi connectivity index (χ4v) is 2.50. The Balaban J connectivity index is 2.14. The Hall–Kier alpha value is -2.07. The molecule has 0 unspecified atom stereocenters. The second-order valence-electron chi connectivity index (χ2n) is 5.17. The van der Waals surface area contributed by atoms with Crippen LogP contribution >= 0.6 is 0 Å². The highest BCUT2D eigenvalue weighted by molar-refractivity contribution is 5.92. The Labute approximate surface area is 125 Å². The zero-order valence-corrected chi connectivity index (χ0v) is 12.5. The van der Waals surface area contributed by atoms with Gasteiger partial charge in [-0.1, -0.05) is 43.7 Å². The van der Waals surface area contributed by atoms with Crippen LogP contribution in [-0.4, -0.2) is 10.5 Å². The van der Waals surface area contributed by atoms with Gasteiger partial charge in [0.2, 0.25) is 0 Å². The summed E-state index contributed by atoms with van der Waals surface area (Å²) in [5.74, 6) is 5.04. The van der Waals surface area contributed by atoms with E-state index in [0.717, 1.165) is 32.2 Å². The number of hydrogen-bond acceptors (Lipinski definition) is 2. The Bertz CT molecular complexity index is 575. The highest BCUT2D eigenvalue weighted by Gasteiger charge is 2.13. The van der Waals surface area contributed by atoms with Crippen molar-refractivity contribution in [3.63, 3.8) is 0 Å². The van der Waals surface area contributed by atoms with Crippen molar-refractivity contribution >= 4 is 5.91 Å². The van der Waals surface area contributed by atoms with Crippen LogP contribution in [0.4, 0.5) is 0 Å². The number of unbranched alkanes of at least 4 members (excludes halogenated alkanes) is 1. The standard InChI is InChI=1S/C17H23N3O/c1-2-3-13-20-15(11-12-16(20)17(21)19-18)10-9-14-7-5-4-6-8-14/h4-8,11-12H,2-3,9-10,13,18H2,1H3,(H,19,21). The molecule has 1 aromatic heterocycles. The number of aromatic nitrogens is 1. The van der Waals surface area contributed by atoms with Crippen LogP contribution in [0.5, 0.6) is 0 Å². The number of nitrogens with two attached hydrogens (primary N) is 1. The average Bonchev–Trinajstić information content (AvgIpc) is 2.94. The number of rotatable bonds is 7. The van der Waals surface area contributed by atoms with Gasteiger partial charge >= 0.3 is 0 Å². The molecule has 4 nitrogen and oxygen atoms in total. The topological polar surface area (TPSA) is 60.0 Å². The van der Waals surface area contributed by atoms with Crippen LogP contribution < -0.4 is 11.3 Å². The van der Waals surface area contributed by atoms with E-state index in [1.807, 2.05) is 18.2 Å². The van der Waals surface area contributed by atoms with E-state index in [1.165, 1.54) is 11.3 Å². The normalized spacial score (nSPS) is 10.6. The van der Waals surface area contributed by atoms with Gasteiger partial charge in [0.1, 0.15) is 5.69 Å². The van der Waals surface area contributed by atoms with Crippen molar-refractivity contribution < 1.29 is 4.79 Å². The lowest BCUT2D eigenvalue weighted by Gasteiger charge is -2.12. The molecule has 0 aliphatic rings. The molecule has 21 heavy (non-hydrogen) atoms. The maximum Gasteiger partial charge on any atom is 0.281 e. The van der Waals surface area contributed by atoms with Crippen LogP contribution in [-0.2, 0) is 19.4 Å². The molecule has 112 valence electrons. The average molecular weight is 285 g/mol. The molecule has 0 fully saturated rings. The second-order valence-corrected chi connectivity index (χ2v) is 5.17. The molecular formula is C17H23N3O. The molecule has 2 aromatic rings. The quantitative estimate of drug-likeness (QED) is 0.467. The predicted molar refractivity (Wildman–Crippen MR) is 84.8 cm³/mol. The van der Waals surface area contributed by atoms with Gasteiger partial charge in [-0.25, -0.2) is 5.84 Å². The third kappa shape index (κ3) is 3.95. The van der Waals surface area contributed by atoms with Gasteiger partial charge in [-0.15, -0.1) is 0 Å². The zero-order valence-electron chi connectivity index (χ0n) is 12.5. The molecule has 0 saturated carbocycles. The van der Waals surface area contributed by atoms with Crippen LogP contribution in [0.3, 0.4) is 0 Å². The molecule has 1 heterocycles. The summed E-state index contributed by atoms with van der Waals surface area (Å²) in [6, 6.07) is 14.3. The number of carbonyl (C=O) groups is 1. The molecule has 1 amide bonds. The Kier molecular flexibility index (Phi) is 5.58. The monoisotopic (exact) mass is 285 g/mol. The van der Waals surface area contributed by atoms with E-state index >= 15 is 0 Å². The number of aryl methyl sites for hydroxylation is 2. The van der Waals surface area contributed by atoms with Gasteiger partial charge in [0.15, 0.2) is 0 Å². The number of nitrogen functional groups attached to an aromatic ring is 1. The molecular weight excluding hydrogens is 262 g/mol. The van der Waals surface area contributed by atoms with E-state index in [0.29, 0.717) is 5.69 Å². The van der Waals surface area contributed by atoms with E-state index in [-0.39, 0.29) is 5.91 Å². The highest BCUT2D eigenvalue weighted by Crippen LogP contribution is 2.14. The van der Waals surface area contributed by atoms with Crippen molar-refractivity contribution in [3.05, 3.63) is 59.4 Å². The van der Waals surface area contributed by atoms with E-state index < -0.39 is 0 Å². The number of nitrogens with one attached hydrogen (secondary N) is 1. The van der Waals surface area contributed by atoms with Crippen molar-refractivity contribution in [1.29, 1.82) is 0 Å². The van der Waals surface area contributed by atoms with Gasteiger partial charge in [-0.05, 0) is 37.0 Å². The van der Waals surface area contributed by atoms with E-state index in [2.05, 4.69) is 41.2 Å². The van der Waals surface area contributed by atoms with Gasteiger partial charge in [0, 0.05) is 12.2 Å². The number of nitrogens with zero attached hydrogens (tertiary/aromatic N) is 1. The van der Waals surface area contributed by atoms with Crippen molar-refractivity contribution in [1.82, 2.24) is 9.99 Å². The minimum Gasteiger partial charge on any atom is -0.341 e. The Morgan fingerprint density at radius 1 is 1.14 bits per heavy atom. The lowest BCUT2D eigenvalue weighted by molar-refractivity contribution is 0.0943. The number of benzene rings is 1. The molecule has 1 aromatic carbocycles. The number of amides is 1. The summed E-state index contributed by atoms with van der Waals surface area (Å²) < 4.78 is 2.09. The largest absolute Gasteiger partial charge is 0.341 e. The molecule has 0 saturated heterocycles. The summed E-state index contributed by atoms with van der Waals surface area (Å²) >= 11 is 0. The molecule has 2 rings (SSSR count). The van der Waals surface area contributed by atoms with Gasteiger partial charge in [-0.2, -0.15) is 0 Å². The first-order chi connectivity index (χ1) is 10.3. The summed E-state index contributed by atoms with van der Waals surface area (Å²) in [7, 11) is 0. The molecule has 0 atom stereocenters. The minimum absolute atomic E-state index is 0.225. The zero-order chi connectivity index (χ0) is 15.1. The maximum atomic E-state index is 11.8. The lowest BCUT2D eigenvalue weighted by atomic mass is 10.1. The van der Waals surface area contributed by atoms with Crippen molar-refractivity contribution in [3.8, 4) is 0 Å². The van der Waals surface area contributed by atoms with Crippen LogP contribution in [0.15, 0.2) is 42.5 Å². The smallest absolute Gasteiger partial charge is 0.281 e. The molecule has 0 aliphatic carbocycles. The Morgan fingerprint density at radius 2 is 1.90 bits per heavy atom. The SMILES string of the molecule is CCCCn1c(CCc2ccccc2)ccc1C(=O)NN. The molecule has 0 aliphatic heterocycles. The molecule has 0 spiro atoms. The van der Waals surface area contributed by atoms with Crippen LogP contribution in [0.25, 0.3) is 0 Å². The predicted octanol–water partition coefficient (Wildman–Crippen LogP) is 2.68. The van der Waals surface area contributed by atoms with Crippen LogP contribution in [0.1, 0.15) is 41.5 Å². The molecule has 3 N–H and O–H groups in total. The third-order valence-electron chi connectivity index (χ3n) is 3.68. The van der Waals surface area contributed by atoms with Crippen molar-refractivity contribution in [2.45, 2.75) is 39.2 Å². The van der Waals surface area contributed by atoms with Gasteiger partial charge < -0.3 is 4.57 Å². The second kappa shape index (κ2) is 7.64. The molecule has 0 radical (unpaired) electrons. The summed E-state index contributed by atoms with van der Waals surface area (Å²) in [5.41, 5.74) is 5.37. The van der Waals surface area contributed by atoms with Gasteiger partial charge in [0.05, 0.1) is 0 Å². The maximum absolute atomic E-state index is 11.8. The number of hydrazine groups is 1. The van der Waals surface area contributed by atoms with E-state index in [1.54, 1.807) is 0 Å². The Morgan fingerprint density at radius 3 is 2.57 bits per heavy atom. The first kappa shape index (κ1) is 15.3.